The van der Waals surface area contributed by atoms with Crippen LogP contribution in [0.25, 0.3) is 0 Å². The van der Waals surface area contributed by atoms with Crippen LogP contribution in [0.2, 0.25) is 0 Å². The largest absolute Gasteiger partial charge is 0.366 e. The first-order valence-corrected chi connectivity index (χ1v) is 11.4. The van der Waals surface area contributed by atoms with Crippen molar-refractivity contribution < 1.29 is 4.79 Å². The van der Waals surface area contributed by atoms with Crippen molar-refractivity contribution in [2.75, 3.05) is 13.6 Å². The first-order valence-electron chi connectivity index (χ1n) is 10.5. The molecule has 0 spiro atoms. The molecule has 0 aliphatic carbocycles. The SMILES string of the molecule is CC(=O)NCc1cnc(C)cn1.CCN(C)C=Nc1cc(C)c(Cc2nccs2)cc1C. The number of benzene rings is 1. The summed E-state index contributed by atoms with van der Waals surface area (Å²) in [5, 5.41) is 5.83. The monoisotopic (exact) mass is 452 g/mol. The van der Waals surface area contributed by atoms with E-state index in [1.165, 1.54) is 23.6 Å². The number of aromatic nitrogens is 3. The Balaban J connectivity index is 0.000000258. The zero-order valence-corrected chi connectivity index (χ0v) is 20.5. The Labute approximate surface area is 194 Å². The van der Waals surface area contributed by atoms with Gasteiger partial charge in [-0.15, -0.1) is 11.3 Å². The Morgan fingerprint density at radius 3 is 2.53 bits per heavy atom. The standard InChI is InChI=1S/C16H21N3S.C8H11N3O/c1-5-19(4)11-18-15-9-12(2)14(8-13(15)3)10-16-17-6-7-20-16;1-6-3-11-8(4-9-6)5-10-7(2)12/h6-9,11H,5,10H2,1-4H3;3-4H,5H2,1-2H3,(H,10,12). The van der Waals surface area contributed by atoms with E-state index in [1.807, 2.05) is 31.9 Å². The van der Waals surface area contributed by atoms with Crippen LogP contribution in [0.5, 0.6) is 0 Å². The molecule has 0 aliphatic heterocycles. The highest BCUT2D eigenvalue weighted by atomic mass is 32.1. The topological polar surface area (TPSA) is 83.4 Å². The van der Waals surface area contributed by atoms with Gasteiger partial charge in [-0.1, -0.05) is 6.07 Å². The minimum Gasteiger partial charge on any atom is -0.366 e. The number of nitrogens with one attached hydrogen (secondary N) is 1. The molecule has 0 atom stereocenters. The third-order valence-corrected chi connectivity index (χ3v) is 5.50. The molecule has 0 unspecified atom stereocenters. The Hall–Kier alpha value is -3.13. The number of aliphatic imine (C=N–C) groups is 1. The van der Waals surface area contributed by atoms with Crippen molar-refractivity contribution in [3.05, 3.63) is 69.2 Å². The summed E-state index contributed by atoms with van der Waals surface area (Å²) in [5.41, 5.74) is 6.52. The lowest BCUT2D eigenvalue weighted by molar-refractivity contribution is -0.119. The summed E-state index contributed by atoms with van der Waals surface area (Å²) in [6.07, 6.45) is 8.00. The lowest BCUT2D eigenvalue weighted by atomic mass is 10.0. The Bertz CT molecular complexity index is 1020. The van der Waals surface area contributed by atoms with Crippen LogP contribution in [0.15, 0.2) is 41.1 Å². The molecule has 1 N–H and O–H groups in total. The first-order chi connectivity index (χ1) is 15.3. The van der Waals surface area contributed by atoms with Gasteiger partial charge in [-0.25, -0.2) is 9.98 Å². The normalized spacial score (nSPS) is 10.6. The maximum atomic E-state index is 10.5. The van der Waals surface area contributed by atoms with Crippen LogP contribution in [-0.4, -0.2) is 45.7 Å². The number of aryl methyl sites for hydroxylation is 3. The number of nitrogens with zero attached hydrogens (tertiary/aromatic N) is 5. The van der Waals surface area contributed by atoms with Crippen molar-refractivity contribution in [2.24, 2.45) is 4.99 Å². The van der Waals surface area contributed by atoms with Crippen LogP contribution in [0.3, 0.4) is 0 Å². The van der Waals surface area contributed by atoms with Gasteiger partial charge in [-0.05, 0) is 50.5 Å². The third-order valence-electron chi connectivity index (χ3n) is 4.73. The smallest absolute Gasteiger partial charge is 0.217 e. The van der Waals surface area contributed by atoms with E-state index in [0.29, 0.717) is 6.54 Å². The lowest BCUT2D eigenvalue weighted by Crippen LogP contribution is -2.19. The first kappa shape index (κ1) is 25.1. The summed E-state index contributed by atoms with van der Waals surface area (Å²) in [7, 11) is 2.03. The van der Waals surface area contributed by atoms with Crippen LogP contribution in [0.1, 0.15) is 46.9 Å². The van der Waals surface area contributed by atoms with E-state index in [1.54, 1.807) is 23.7 Å². The molecule has 0 saturated carbocycles. The van der Waals surface area contributed by atoms with E-state index in [9.17, 15) is 4.79 Å². The molecular formula is C24H32N6OS. The Kier molecular flexibility index (Phi) is 9.94. The van der Waals surface area contributed by atoms with Crippen molar-refractivity contribution in [1.29, 1.82) is 0 Å². The van der Waals surface area contributed by atoms with E-state index in [-0.39, 0.29) is 5.91 Å². The quantitative estimate of drug-likeness (QED) is 0.425. The maximum Gasteiger partial charge on any atom is 0.217 e. The van der Waals surface area contributed by atoms with Gasteiger partial charge in [0.15, 0.2) is 0 Å². The summed E-state index contributed by atoms with van der Waals surface area (Å²) in [4.78, 5) is 29.6. The molecule has 1 aromatic carbocycles. The molecule has 170 valence electrons. The highest BCUT2D eigenvalue weighted by Crippen LogP contribution is 2.25. The fourth-order valence-corrected chi connectivity index (χ4v) is 3.30. The zero-order chi connectivity index (χ0) is 23.5. The van der Waals surface area contributed by atoms with Crippen molar-refractivity contribution in [3.8, 4) is 0 Å². The number of hydrogen-bond donors (Lipinski definition) is 1. The molecular weight excluding hydrogens is 420 g/mol. The molecule has 0 radical (unpaired) electrons. The van der Waals surface area contributed by atoms with Crippen LogP contribution in [-0.2, 0) is 17.8 Å². The second kappa shape index (κ2) is 12.7. The van der Waals surface area contributed by atoms with Gasteiger partial charge in [-0.3, -0.25) is 14.8 Å². The predicted molar refractivity (Wildman–Crippen MR) is 132 cm³/mol. The van der Waals surface area contributed by atoms with Gasteiger partial charge in [0.05, 0.1) is 41.2 Å². The number of thiazole rings is 1. The summed E-state index contributed by atoms with van der Waals surface area (Å²) >= 11 is 1.71. The van der Waals surface area contributed by atoms with Crippen LogP contribution in [0, 0.1) is 20.8 Å². The van der Waals surface area contributed by atoms with Crippen molar-refractivity contribution in [1.82, 2.24) is 25.2 Å². The maximum absolute atomic E-state index is 10.5. The van der Waals surface area contributed by atoms with Crippen molar-refractivity contribution >= 4 is 29.3 Å². The average Bonchev–Trinajstić information content (AvgIpc) is 3.28. The summed E-state index contributed by atoms with van der Waals surface area (Å²) < 4.78 is 0. The minimum atomic E-state index is -0.0580. The second-order valence-electron chi connectivity index (χ2n) is 7.54. The van der Waals surface area contributed by atoms with Gasteiger partial charge in [0, 0.05) is 44.7 Å². The van der Waals surface area contributed by atoms with E-state index in [4.69, 9.17) is 0 Å². The number of hydrogen-bond acceptors (Lipinski definition) is 6. The number of carbonyl (C=O) groups is 1. The summed E-state index contributed by atoms with van der Waals surface area (Å²) in [6.45, 7) is 11.1. The molecule has 3 rings (SSSR count). The van der Waals surface area contributed by atoms with Crippen LogP contribution >= 0.6 is 11.3 Å². The highest BCUT2D eigenvalue weighted by Gasteiger charge is 2.06. The highest BCUT2D eigenvalue weighted by molar-refractivity contribution is 7.09. The minimum absolute atomic E-state index is 0.0580. The van der Waals surface area contributed by atoms with Gasteiger partial charge in [0.25, 0.3) is 0 Å². The van der Waals surface area contributed by atoms with Crippen molar-refractivity contribution in [3.63, 3.8) is 0 Å². The predicted octanol–water partition coefficient (Wildman–Crippen LogP) is 4.38. The second-order valence-corrected chi connectivity index (χ2v) is 8.52. The molecule has 32 heavy (non-hydrogen) atoms. The molecule has 7 nitrogen and oxygen atoms in total. The molecule has 8 heteroatoms. The fraction of sp³-hybridized carbons (Fsp3) is 0.375. The number of amides is 1. The number of carbonyl (C=O) groups excluding carboxylic acids is 1. The van der Waals surface area contributed by atoms with Gasteiger partial charge < -0.3 is 10.2 Å². The number of rotatable bonds is 7. The molecule has 2 heterocycles. The molecule has 0 bridgehead atoms. The molecule has 1 amide bonds. The van der Waals surface area contributed by atoms with Gasteiger partial charge >= 0.3 is 0 Å². The zero-order valence-electron chi connectivity index (χ0n) is 19.7. The summed E-state index contributed by atoms with van der Waals surface area (Å²) in [5.74, 6) is -0.0580. The van der Waals surface area contributed by atoms with E-state index >= 15 is 0 Å². The molecule has 3 aromatic rings. The Morgan fingerprint density at radius 1 is 1.16 bits per heavy atom. The average molecular weight is 453 g/mol. The van der Waals surface area contributed by atoms with E-state index in [2.05, 4.69) is 63.1 Å². The summed E-state index contributed by atoms with van der Waals surface area (Å²) in [6, 6.07) is 4.40. The van der Waals surface area contributed by atoms with Crippen molar-refractivity contribution in [2.45, 2.75) is 47.6 Å². The van der Waals surface area contributed by atoms with Gasteiger partial charge in [0.2, 0.25) is 5.91 Å². The molecule has 2 aromatic heterocycles. The molecule has 0 aliphatic rings. The molecule has 0 saturated heterocycles. The fourth-order valence-electron chi connectivity index (χ4n) is 2.66. The van der Waals surface area contributed by atoms with Crippen LogP contribution < -0.4 is 5.32 Å². The van der Waals surface area contributed by atoms with Gasteiger partial charge in [0.1, 0.15) is 0 Å². The van der Waals surface area contributed by atoms with E-state index in [0.717, 1.165) is 35.0 Å². The lowest BCUT2D eigenvalue weighted by Gasteiger charge is -2.11. The van der Waals surface area contributed by atoms with Crippen LogP contribution in [0.4, 0.5) is 5.69 Å². The van der Waals surface area contributed by atoms with E-state index < -0.39 is 0 Å². The Morgan fingerprint density at radius 2 is 1.94 bits per heavy atom. The molecule has 0 fully saturated rings. The van der Waals surface area contributed by atoms with Gasteiger partial charge in [-0.2, -0.15) is 0 Å². The third kappa shape index (κ3) is 8.55.